The minimum Gasteiger partial charge on any atom is -0.393 e. The lowest BCUT2D eigenvalue weighted by atomic mass is 9.93. The highest BCUT2D eigenvalue weighted by molar-refractivity contribution is 5.73. The van der Waals surface area contributed by atoms with Crippen LogP contribution < -0.4 is 16.4 Å². The summed E-state index contributed by atoms with van der Waals surface area (Å²) in [6.07, 6.45) is 10.3. The van der Waals surface area contributed by atoms with Gasteiger partial charge in [-0.25, -0.2) is 9.97 Å². The summed E-state index contributed by atoms with van der Waals surface area (Å²) >= 11 is 0. The number of aliphatic hydroxyl groups is 1. The number of aliphatic hydroxyl groups excluding tert-OH is 1. The molecule has 1 saturated carbocycles. The van der Waals surface area contributed by atoms with Gasteiger partial charge in [0, 0.05) is 18.8 Å². The number of nitrogens with one attached hydrogen (secondary N) is 2. The van der Waals surface area contributed by atoms with Gasteiger partial charge in [-0.15, -0.1) is 0 Å². The van der Waals surface area contributed by atoms with E-state index in [0.717, 1.165) is 56.5 Å². The number of nitrogens with zero attached hydrogens (tertiary/aromatic N) is 4. The Morgan fingerprint density at radius 1 is 1.15 bits per heavy atom. The van der Waals surface area contributed by atoms with Crippen molar-refractivity contribution in [2.24, 2.45) is 0 Å². The van der Waals surface area contributed by atoms with Crippen LogP contribution in [0.5, 0.6) is 0 Å². The lowest BCUT2D eigenvalue weighted by molar-refractivity contribution is 0.126. The van der Waals surface area contributed by atoms with E-state index < -0.39 is 0 Å². The maximum Gasteiger partial charge on any atom is 0.224 e. The van der Waals surface area contributed by atoms with E-state index in [4.69, 9.17) is 5.73 Å². The molecule has 0 spiro atoms. The fourth-order valence-corrected chi connectivity index (χ4v) is 3.07. The number of rotatable bonds is 7. The summed E-state index contributed by atoms with van der Waals surface area (Å²) in [6, 6.07) is 0.268. The summed E-state index contributed by atoms with van der Waals surface area (Å²) < 4.78 is 0. The molecule has 2 aromatic heterocycles. The summed E-state index contributed by atoms with van der Waals surface area (Å²) in [5.41, 5.74) is 7.20. The largest absolute Gasteiger partial charge is 0.393 e. The van der Waals surface area contributed by atoms with Gasteiger partial charge in [0.1, 0.15) is 11.6 Å². The molecule has 0 amide bonds. The molecule has 1 aliphatic carbocycles. The van der Waals surface area contributed by atoms with E-state index in [1.165, 1.54) is 6.20 Å². The highest BCUT2D eigenvalue weighted by Crippen LogP contribution is 2.28. The van der Waals surface area contributed by atoms with Crippen LogP contribution in [-0.4, -0.2) is 43.7 Å². The van der Waals surface area contributed by atoms with E-state index in [0.29, 0.717) is 17.5 Å². The van der Waals surface area contributed by atoms with Crippen LogP contribution in [0.25, 0.3) is 11.3 Å². The Kier molecular flexibility index (Phi) is 6.17. The van der Waals surface area contributed by atoms with E-state index in [-0.39, 0.29) is 12.1 Å². The molecule has 0 radical (unpaired) electrons. The van der Waals surface area contributed by atoms with Crippen molar-refractivity contribution < 1.29 is 5.11 Å². The Hall–Kier alpha value is -2.48. The summed E-state index contributed by atoms with van der Waals surface area (Å²) in [4.78, 5) is 17.5. The Bertz CT molecular complexity index is 716. The first-order chi connectivity index (χ1) is 12.7. The minimum atomic E-state index is -0.191. The van der Waals surface area contributed by atoms with Crippen molar-refractivity contribution in [3.05, 3.63) is 18.6 Å². The number of nitrogen functional groups attached to an aromatic ring is 1. The number of nitrogens with two attached hydrogens (primary N) is 1. The second-order valence-electron chi connectivity index (χ2n) is 6.72. The maximum atomic E-state index is 9.73. The molecular weight excluding hydrogens is 330 g/mol. The molecule has 5 N–H and O–H groups in total. The molecule has 0 atom stereocenters. The summed E-state index contributed by atoms with van der Waals surface area (Å²) in [7, 11) is 0. The molecule has 0 aromatic carbocycles. The monoisotopic (exact) mass is 357 g/mol. The maximum absolute atomic E-state index is 9.73. The molecule has 0 aliphatic heterocycles. The van der Waals surface area contributed by atoms with Crippen LogP contribution in [0.3, 0.4) is 0 Å². The molecule has 1 aliphatic rings. The standard InChI is InChI=1S/C18H27N7O/c1-2-3-8-21-18-22-9-14(15-10-20-11-16(19)24-15)17(25-18)23-12-4-6-13(26)7-5-12/h9-13,26H,2-8H2,1H3,(H2,19,24)(H2,21,22,23,25). The molecule has 140 valence electrons. The van der Waals surface area contributed by atoms with Gasteiger partial charge in [0.15, 0.2) is 0 Å². The molecule has 26 heavy (non-hydrogen) atoms. The summed E-state index contributed by atoms with van der Waals surface area (Å²) in [5, 5.41) is 16.5. The highest BCUT2D eigenvalue weighted by atomic mass is 16.3. The molecule has 8 heteroatoms. The molecule has 0 saturated heterocycles. The third kappa shape index (κ3) is 4.78. The van der Waals surface area contributed by atoms with E-state index in [9.17, 15) is 5.11 Å². The summed E-state index contributed by atoms with van der Waals surface area (Å²) in [5.74, 6) is 1.68. The Morgan fingerprint density at radius 2 is 1.96 bits per heavy atom. The van der Waals surface area contributed by atoms with Crippen molar-refractivity contribution in [2.45, 2.75) is 57.6 Å². The number of anilines is 3. The van der Waals surface area contributed by atoms with Crippen LogP contribution in [0.15, 0.2) is 18.6 Å². The van der Waals surface area contributed by atoms with E-state index in [1.54, 1.807) is 12.4 Å². The zero-order chi connectivity index (χ0) is 18.4. The third-order valence-electron chi connectivity index (χ3n) is 4.57. The van der Waals surface area contributed by atoms with Crippen molar-refractivity contribution >= 4 is 17.6 Å². The highest BCUT2D eigenvalue weighted by Gasteiger charge is 2.21. The van der Waals surface area contributed by atoms with Crippen LogP contribution in [0.4, 0.5) is 17.6 Å². The SMILES string of the molecule is CCCCNc1ncc(-c2cncc(N)n2)c(NC2CCC(O)CC2)n1. The Labute approximate surface area is 153 Å². The zero-order valence-electron chi connectivity index (χ0n) is 15.1. The van der Waals surface area contributed by atoms with E-state index in [2.05, 4.69) is 37.5 Å². The normalized spacial score (nSPS) is 19.9. The first-order valence-electron chi connectivity index (χ1n) is 9.29. The first kappa shape index (κ1) is 18.3. The van der Waals surface area contributed by atoms with Crippen LogP contribution in [0, 0.1) is 0 Å². The molecule has 8 nitrogen and oxygen atoms in total. The second kappa shape index (κ2) is 8.75. The molecule has 0 bridgehead atoms. The van der Waals surface area contributed by atoms with Crippen LogP contribution >= 0.6 is 0 Å². The third-order valence-corrected chi connectivity index (χ3v) is 4.57. The average Bonchev–Trinajstić information content (AvgIpc) is 2.64. The minimum absolute atomic E-state index is 0.191. The fraction of sp³-hybridized carbons (Fsp3) is 0.556. The summed E-state index contributed by atoms with van der Waals surface area (Å²) in [6.45, 7) is 2.98. The van der Waals surface area contributed by atoms with Gasteiger partial charge in [0.25, 0.3) is 0 Å². The molecule has 3 rings (SSSR count). The molecule has 2 heterocycles. The van der Waals surface area contributed by atoms with Crippen LogP contribution in [-0.2, 0) is 0 Å². The van der Waals surface area contributed by atoms with Gasteiger partial charge in [0.05, 0.1) is 29.8 Å². The molecule has 1 fully saturated rings. The van der Waals surface area contributed by atoms with Gasteiger partial charge < -0.3 is 21.5 Å². The number of aromatic nitrogens is 4. The second-order valence-corrected chi connectivity index (χ2v) is 6.72. The topological polar surface area (TPSA) is 122 Å². The lowest BCUT2D eigenvalue weighted by Gasteiger charge is -2.27. The number of hydrogen-bond donors (Lipinski definition) is 4. The Morgan fingerprint density at radius 3 is 2.69 bits per heavy atom. The van der Waals surface area contributed by atoms with Crippen molar-refractivity contribution in [1.29, 1.82) is 0 Å². The van der Waals surface area contributed by atoms with Crippen molar-refractivity contribution in [2.75, 3.05) is 22.9 Å². The van der Waals surface area contributed by atoms with Crippen molar-refractivity contribution in [3.8, 4) is 11.3 Å². The lowest BCUT2D eigenvalue weighted by Crippen LogP contribution is -2.29. The van der Waals surface area contributed by atoms with Gasteiger partial charge in [-0.1, -0.05) is 13.3 Å². The van der Waals surface area contributed by atoms with Gasteiger partial charge in [-0.05, 0) is 32.1 Å². The van der Waals surface area contributed by atoms with Gasteiger partial charge in [-0.2, -0.15) is 4.98 Å². The van der Waals surface area contributed by atoms with E-state index in [1.807, 2.05) is 0 Å². The number of unbranched alkanes of at least 4 members (excludes halogenated alkanes) is 1. The number of hydrogen-bond acceptors (Lipinski definition) is 8. The van der Waals surface area contributed by atoms with Gasteiger partial charge in [0.2, 0.25) is 5.95 Å². The van der Waals surface area contributed by atoms with Gasteiger partial charge >= 0.3 is 0 Å². The molecule has 0 unspecified atom stereocenters. The quantitative estimate of drug-likeness (QED) is 0.557. The molecule has 2 aromatic rings. The fourth-order valence-electron chi connectivity index (χ4n) is 3.07. The van der Waals surface area contributed by atoms with Crippen LogP contribution in [0.1, 0.15) is 45.4 Å². The van der Waals surface area contributed by atoms with Gasteiger partial charge in [-0.3, -0.25) is 4.98 Å². The average molecular weight is 357 g/mol. The zero-order valence-corrected chi connectivity index (χ0v) is 15.1. The smallest absolute Gasteiger partial charge is 0.224 e. The van der Waals surface area contributed by atoms with Crippen LogP contribution in [0.2, 0.25) is 0 Å². The molecular formula is C18H27N7O. The predicted molar refractivity (Wildman–Crippen MR) is 103 cm³/mol. The van der Waals surface area contributed by atoms with Crippen molar-refractivity contribution in [1.82, 2.24) is 19.9 Å². The van der Waals surface area contributed by atoms with E-state index >= 15 is 0 Å². The Balaban J connectivity index is 1.84. The first-order valence-corrected chi connectivity index (χ1v) is 9.29. The van der Waals surface area contributed by atoms with Crippen molar-refractivity contribution in [3.63, 3.8) is 0 Å². The predicted octanol–water partition coefficient (Wildman–Crippen LogP) is 2.44.